The van der Waals surface area contributed by atoms with E-state index in [0.29, 0.717) is 33.9 Å². The van der Waals surface area contributed by atoms with Gasteiger partial charge >= 0.3 is 0 Å². The van der Waals surface area contributed by atoms with E-state index in [2.05, 4.69) is 10.3 Å². The van der Waals surface area contributed by atoms with E-state index in [0.717, 1.165) is 5.56 Å². The molecular weight excluding hydrogens is 477 g/mol. The van der Waals surface area contributed by atoms with Crippen LogP contribution in [0.5, 0.6) is 5.75 Å². The molecule has 0 bridgehead atoms. The molecule has 1 fully saturated rings. The van der Waals surface area contributed by atoms with E-state index in [-0.39, 0.29) is 24.1 Å². The summed E-state index contributed by atoms with van der Waals surface area (Å²) in [6.07, 6.45) is 0.0423. The molecule has 3 aromatic carbocycles. The molecule has 4 rings (SSSR count). The number of hydrogen-bond donors (Lipinski definition) is 1. The van der Waals surface area contributed by atoms with Gasteiger partial charge in [-0.3, -0.25) is 14.6 Å². The maximum atomic E-state index is 13.3. The van der Waals surface area contributed by atoms with Crippen LogP contribution in [0, 0.1) is 5.82 Å². The second-order valence-corrected chi connectivity index (χ2v) is 9.08. The number of rotatable bonds is 6. The summed E-state index contributed by atoms with van der Waals surface area (Å²) in [5.41, 5.74) is 2.04. The monoisotopic (exact) mass is 497 g/mol. The highest BCUT2D eigenvalue weighted by Crippen LogP contribution is 2.32. The van der Waals surface area contributed by atoms with E-state index in [1.54, 1.807) is 55.6 Å². The molecule has 1 atom stereocenters. The molecule has 1 aliphatic rings. The molecule has 174 valence electrons. The number of thioether (sulfide) groups is 1. The molecule has 1 saturated heterocycles. The second-order valence-electron chi connectivity index (χ2n) is 7.46. The van der Waals surface area contributed by atoms with Crippen molar-refractivity contribution in [1.82, 2.24) is 0 Å². The molecule has 1 aliphatic heterocycles. The van der Waals surface area contributed by atoms with E-state index < -0.39 is 5.25 Å². The molecule has 0 aliphatic carbocycles. The van der Waals surface area contributed by atoms with Gasteiger partial charge in [0.15, 0.2) is 5.17 Å². The predicted molar refractivity (Wildman–Crippen MR) is 134 cm³/mol. The minimum atomic E-state index is -0.647. The van der Waals surface area contributed by atoms with Gasteiger partial charge in [-0.05, 0) is 66.2 Å². The summed E-state index contributed by atoms with van der Waals surface area (Å²) in [6, 6.07) is 19.9. The maximum absolute atomic E-state index is 13.3. The van der Waals surface area contributed by atoms with Crippen molar-refractivity contribution in [2.24, 2.45) is 4.99 Å². The first-order valence-electron chi connectivity index (χ1n) is 10.4. The smallest absolute Gasteiger partial charge is 0.247 e. The number of carbonyl (C=O) groups excluding carboxylic acids is 2. The van der Waals surface area contributed by atoms with Crippen molar-refractivity contribution in [3.63, 3.8) is 0 Å². The van der Waals surface area contributed by atoms with Crippen LogP contribution in [0.4, 0.5) is 15.8 Å². The molecule has 6 nitrogen and oxygen atoms in total. The Hall–Kier alpha value is -3.36. The summed E-state index contributed by atoms with van der Waals surface area (Å²) in [7, 11) is 1.55. The van der Waals surface area contributed by atoms with Crippen LogP contribution in [0.2, 0.25) is 5.02 Å². The van der Waals surface area contributed by atoms with Gasteiger partial charge in [-0.1, -0.05) is 35.5 Å². The second kappa shape index (κ2) is 10.7. The van der Waals surface area contributed by atoms with Crippen molar-refractivity contribution in [2.75, 3.05) is 17.3 Å². The Morgan fingerprint density at radius 1 is 1.09 bits per heavy atom. The number of benzene rings is 3. The Bertz CT molecular complexity index is 1200. The summed E-state index contributed by atoms with van der Waals surface area (Å²) < 4.78 is 18.5. The van der Waals surface area contributed by atoms with E-state index in [9.17, 15) is 14.0 Å². The third-order valence-corrected chi connectivity index (χ3v) is 6.46. The molecule has 3 aromatic rings. The third kappa shape index (κ3) is 5.76. The average Bonchev–Trinajstić information content (AvgIpc) is 3.12. The van der Waals surface area contributed by atoms with Gasteiger partial charge in [0.05, 0.1) is 19.3 Å². The van der Waals surface area contributed by atoms with Crippen LogP contribution < -0.4 is 15.0 Å². The number of imide groups is 1. The van der Waals surface area contributed by atoms with Gasteiger partial charge in [0.2, 0.25) is 11.8 Å². The number of amides is 2. The molecule has 1 unspecified atom stereocenters. The Labute approximate surface area is 205 Å². The molecule has 0 saturated carbocycles. The zero-order valence-corrected chi connectivity index (χ0v) is 19.8. The first-order chi connectivity index (χ1) is 16.4. The molecule has 34 heavy (non-hydrogen) atoms. The number of amidine groups is 1. The van der Waals surface area contributed by atoms with Gasteiger partial charge in [0, 0.05) is 17.1 Å². The van der Waals surface area contributed by atoms with Gasteiger partial charge in [-0.2, -0.15) is 0 Å². The maximum Gasteiger partial charge on any atom is 0.247 e. The molecule has 9 heteroatoms. The van der Waals surface area contributed by atoms with Crippen molar-refractivity contribution < 1.29 is 18.7 Å². The number of hydrogen-bond acceptors (Lipinski definition) is 5. The molecule has 2 amide bonds. The van der Waals surface area contributed by atoms with Crippen LogP contribution in [-0.4, -0.2) is 29.3 Å². The number of anilines is 2. The van der Waals surface area contributed by atoms with Crippen molar-refractivity contribution in [2.45, 2.75) is 18.2 Å². The fourth-order valence-corrected chi connectivity index (χ4v) is 4.49. The molecule has 1 heterocycles. The fourth-order valence-electron chi connectivity index (χ4n) is 3.35. The normalized spacial score (nSPS) is 16.1. The van der Waals surface area contributed by atoms with E-state index >= 15 is 0 Å². The molecule has 0 radical (unpaired) electrons. The Morgan fingerprint density at radius 3 is 2.41 bits per heavy atom. The lowest BCUT2D eigenvalue weighted by Crippen LogP contribution is -2.31. The minimum Gasteiger partial charge on any atom is -0.497 e. The molecule has 1 N–H and O–H groups in total. The van der Waals surface area contributed by atoms with Gasteiger partial charge in [0.1, 0.15) is 16.8 Å². The predicted octanol–water partition coefficient (Wildman–Crippen LogP) is 5.52. The highest BCUT2D eigenvalue weighted by atomic mass is 35.5. The number of nitrogens with one attached hydrogen (secondary N) is 1. The number of aliphatic imine (C=N–C) groups is 1. The lowest BCUT2D eigenvalue weighted by Gasteiger charge is -2.16. The quantitative estimate of drug-likeness (QED) is 0.276. The number of methoxy groups -OCH3 is 1. The lowest BCUT2D eigenvalue weighted by molar-refractivity contribution is -0.121. The number of nitrogens with zero attached hydrogens (tertiary/aromatic N) is 2. The van der Waals surface area contributed by atoms with Crippen molar-refractivity contribution >= 4 is 51.7 Å². The average molecular weight is 498 g/mol. The van der Waals surface area contributed by atoms with Gasteiger partial charge < -0.3 is 10.1 Å². The number of ether oxygens (including phenoxy) is 1. The van der Waals surface area contributed by atoms with Crippen LogP contribution in [0.15, 0.2) is 77.8 Å². The minimum absolute atomic E-state index is 0.0423. The topological polar surface area (TPSA) is 71.0 Å². The summed E-state index contributed by atoms with van der Waals surface area (Å²) in [6.45, 7) is 0.338. The van der Waals surface area contributed by atoms with Crippen LogP contribution in [0.25, 0.3) is 0 Å². The zero-order valence-electron chi connectivity index (χ0n) is 18.2. The van der Waals surface area contributed by atoms with Crippen LogP contribution in [0.3, 0.4) is 0 Å². The highest BCUT2D eigenvalue weighted by Gasteiger charge is 2.40. The Balaban J connectivity index is 1.53. The van der Waals surface area contributed by atoms with Gasteiger partial charge in [0.25, 0.3) is 0 Å². The molecule has 0 aromatic heterocycles. The SMILES string of the molecule is COc1ccc(N2C(=O)CC(SC(=NCc3ccc(Cl)cc3)Nc3ccc(F)cc3)C2=O)cc1. The molecule has 0 spiro atoms. The molecular formula is C25H21ClFN3O3S. The van der Waals surface area contributed by atoms with Crippen molar-refractivity contribution in [3.8, 4) is 5.75 Å². The zero-order chi connectivity index (χ0) is 24.1. The summed E-state index contributed by atoms with van der Waals surface area (Å²) >= 11 is 7.13. The largest absolute Gasteiger partial charge is 0.497 e. The summed E-state index contributed by atoms with van der Waals surface area (Å²) in [4.78, 5) is 31.6. The Kier molecular flexibility index (Phi) is 7.49. The van der Waals surface area contributed by atoms with Crippen LogP contribution in [0.1, 0.15) is 12.0 Å². The van der Waals surface area contributed by atoms with E-state index in [1.807, 2.05) is 12.1 Å². The lowest BCUT2D eigenvalue weighted by atomic mass is 10.2. The summed E-state index contributed by atoms with van der Waals surface area (Å²) in [5.74, 6) is -0.329. The fraction of sp³-hybridized carbons (Fsp3) is 0.160. The summed E-state index contributed by atoms with van der Waals surface area (Å²) in [5, 5.41) is 3.57. The van der Waals surface area contributed by atoms with Crippen LogP contribution in [-0.2, 0) is 16.1 Å². The number of halogens is 2. The van der Waals surface area contributed by atoms with Crippen LogP contribution >= 0.6 is 23.4 Å². The van der Waals surface area contributed by atoms with E-state index in [1.165, 1.54) is 28.8 Å². The van der Waals surface area contributed by atoms with Crippen molar-refractivity contribution in [3.05, 3.63) is 89.2 Å². The van der Waals surface area contributed by atoms with Gasteiger partial charge in [-0.25, -0.2) is 9.29 Å². The standard InChI is InChI=1S/C25H21ClFN3O3S/c1-33-21-12-10-20(11-13-21)30-23(31)14-22(24(30)32)34-25(29-19-8-6-18(27)7-9-19)28-15-16-2-4-17(26)5-3-16/h2-13,22H,14-15H2,1H3,(H,28,29). The third-order valence-electron chi connectivity index (χ3n) is 5.10. The van der Waals surface area contributed by atoms with Gasteiger partial charge in [-0.15, -0.1) is 0 Å². The van der Waals surface area contributed by atoms with Crippen molar-refractivity contribution in [1.29, 1.82) is 0 Å². The first-order valence-corrected chi connectivity index (χ1v) is 11.7. The number of carbonyl (C=O) groups is 2. The highest BCUT2D eigenvalue weighted by molar-refractivity contribution is 8.15. The first kappa shape index (κ1) is 23.8. The van der Waals surface area contributed by atoms with E-state index in [4.69, 9.17) is 16.3 Å². The Morgan fingerprint density at radius 2 is 1.76 bits per heavy atom.